The fourth-order valence-corrected chi connectivity index (χ4v) is 5.57. The van der Waals surface area contributed by atoms with E-state index in [9.17, 15) is 0 Å². The zero-order chi connectivity index (χ0) is 31.0. The Morgan fingerprint density at radius 2 is 1.57 bits per heavy atom. The number of hydrogen-bond donors (Lipinski definition) is 0. The van der Waals surface area contributed by atoms with Crippen LogP contribution in [0.2, 0.25) is 0 Å². The Hall–Kier alpha value is -4.90. The minimum absolute atomic E-state index is 0. The second-order valence-electron chi connectivity index (χ2n) is 12.1. The number of fused-ring (bicyclic) bond motifs is 4. The molecule has 1 radical (unpaired) electrons. The quantitative estimate of drug-likeness (QED) is 0.168. The molecule has 8 aromatic rings. The van der Waals surface area contributed by atoms with Crippen LogP contribution in [-0.2, 0) is 25.5 Å². The van der Waals surface area contributed by atoms with E-state index in [2.05, 4.69) is 73.6 Å². The molecule has 4 aromatic carbocycles. The summed E-state index contributed by atoms with van der Waals surface area (Å²) in [6.45, 7) is 8.61. The molecular formula is C40H32IrN4O-2. The van der Waals surface area contributed by atoms with Crippen LogP contribution in [0.25, 0.3) is 61.3 Å². The predicted octanol–water partition coefficient (Wildman–Crippen LogP) is 9.94. The Balaban J connectivity index is 0.000000241. The van der Waals surface area contributed by atoms with Gasteiger partial charge in [-0.1, -0.05) is 87.2 Å². The molecule has 5 nitrogen and oxygen atoms in total. The summed E-state index contributed by atoms with van der Waals surface area (Å²) in [6.07, 6.45) is 3.72. The average molecular weight is 777 g/mol. The van der Waals surface area contributed by atoms with E-state index in [0.29, 0.717) is 0 Å². The number of rotatable bonds is 3. The standard InChI is InChI=1S/C29H24N3O.C11H8N.Ir/c1-18-14-15-21(27-26(18)20-12-8-9-13-24(20)33-27)28-31-22-16-25(29(2,3)4)30-17-23(22)32(28)19-10-6-5-7-11-19;1-2-6-10(7-3-1)11-8-4-5-9-12-11;/h5-14,16-17H,1-4H3;1-6,8-9H;/q2*-1;. The van der Waals surface area contributed by atoms with Gasteiger partial charge in [0, 0.05) is 48.5 Å². The predicted molar refractivity (Wildman–Crippen MR) is 182 cm³/mol. The number of imidazole rings is 1. The summed E-state index contributed by atoms with van der Waals surface area (Å²) in [4.78, 5) is 14.1. The largest absolute Gasteiger partial charge is 0.501 e. The summed E-state index contributed by atoms with van der Waals surface area (Å²) in [6, 6.07) is 42.9. The molecule has 4 aromatic heterocycles. The molecule has 0 aliphatic rings. The molecule has 0 fully saturated rings. The first-order valence-electron chi connectivity index (χ1n) is 15.0. The van der Waals surface area contributed by atoms with Crippen LogP contribution in [0, 0.1) is 19.1 Å². The van der Waals surface area contributed by atoms with Crippen LogP contribution in [0.4, 0.5) is 0 Å². The normalized spacial score (nSPS) is 11.3. The molecule has 0 unspecified atom stereocenters. The van der Waals surface area contributed by atoms with Gasteiger partial charge in [0.15, 0.2) is 0 Å². The maximum atomic E-state index is 6.38. The van der Waals surface area contributed by atoms with E-state index in [1.54, 1.807) is 6.20 Å². The van der Waals surface area contributed by atoms with E-state index in [-0.39, 0.29) is 25.5 Å². The Labute approximate surface area is 282 Å². The number of pyridine rings is 2. The van der Waals surface area contributed by atoms with Crippen molar-refractivity contribution in [3.63, 3.8) is 0 Å². The van der Waals surface area contributed by atoms with Crippen molar-refractivity contribution in [2.24, 2.45) is 0 Å². The smallest absolute Gasteiger partial charge is 0.120 e. The van der Waals surface area contributed by atoms with Gasteiger partial charge in [-0.3, -0.25) is 9.97 Å². The van der Waals surface area contributed by atoms with Crippen LogP contribution < -0.4 is 0 Å². The van der Waals surface area contributed by atoms with Crippen molar-refractivity contribution in [2.75, 3.05) is 0 Å². The third-order valence-electron chi connectivity index (χ3n) is 7.85. The monoisotopic (exact) mass is 777 g/mol. The Kier molecular flexibility index (Phi) is 8.68. The molecule has 0 N–H and O–H groups in total. The summed E-state index contributed by atoms with van der Waals surface area (Å²) >= 11 is 0. The minimum Gasteiger partial charge on any atom is -0.501 e. The van der Waals surface area contributed by atoms with E-state index >= 15 is 0 Å². The second kappa shape index (κ2) is 12.8. The molecule has 0 amide bonds. The third kappa shape index (κ3) is 5.90. The fraction of sp³-hybridized carbons (Fsp3) is 0.125. The van der Waals surface area contributed by atoms with Gasteiger partial charge in [0.25, 0.3) is 0 Å². The molecule has 4 heterocycles. The first-order valence-corrected chi connectivity index (χ1v) is 15.0. The van der Waals surface area contributed by atoms with Gasteiger partial charge in [-0.25, -0.2) is 0 Å². The van der Waals surface area contributed by atoms with Crippen LogP contribution in [0.3, 0.4) is 0 Å². The molecule has 46 heavy (non-hydrogen) atoms. The topological polar surface area (TPSA) is 56.7 Å². The molecule has 0 bridgehead atoms. The van der Waals surface area contributed by atoms with Crippen LogP contribution in [0.5, 0.6) is 0 Å². The maximum Gasteiger partial charge on any atom is 0.120 e. The number of benzene rings is 4. The van der Waals surface area contributed by atoms with Gasteiger partial charge in [0.1, 0.15) is 5.58 Å². The van der Waals surface area contributed by atoms with Gasteiger partial charge in [0.2, 0.25) is 0 Å². The molecule has 0 aliphatic heterocycles. The molecule has 6 heteroatoms. The molecule has 0 saturated heterocycles. The van der Waals surface area contributed by atoms with Crippen LogP contribution in [-0.4, -0.2) is 19.5 Å². The third-order valence-corrected chi connectivity index (χ3v) is 7.85. The van der Waals surface area contributed by atoms with Crippen molar-refractivity contribution in [1.29, 1.82) is 0 Å². The first-order chi connectivity index (χ1) is 21.9. The van der Waals surface area contributed by atoms with Gasteiger partial charge in [-0.05, 0) is 36.0 Å². The molecule has 0 spiro atoms. The van der Waals surface area contributed by atoms with Crippen molar-refractivity contribution >= 4 is 33.0 Å². The van der Waals surface area contributed by atoms with E-state index in [1.807, 2.05) is 91.1 Å². The number of furan rings is 1. The Morgan fingerprint density at radius 3 is 2.30 bits per heavy atom. The van der Waals surface area contributed by atoms with Crippen molar-refractivity contribution in [1.82, 2.24) is 19.5 Å². The van der Waals surface area contributed by atoms with E-state index < -0.39 is 0 Å². The number of aromatic nitrogens is 4. The van der Waals surface area contributed by atoms with Gasteiger partial charge < -0.3 is 14.0 Å². The number of aryl methyl sites for hydroxylation is 1. The van der Waals surface area contributed by atoms with Crippen LogP contribution in [0.15, 0.2) is 126 Å². The Morgan fingerprint density at radius 1 is 0.804 bits per heavy atom. The van der Waals surface area contributed by atoms with E-state index in [1.165, 1.54) is 0 Å². The van der Waals surface area contributed by atoms with Gasteiger partial charge in [-0.2, -0.15) is 0 Å². The van der Waals surface area contributed by atoms with Crippen molar-refractivity contribution < 1.29 is 24.5 Å². The first kappa shape index (κ1) is 31.1. The molecular weight excluding hydrogens is 745 g/mol. The summed E-state index contributed by atoms with van der Waals surface area (Å²) in [7, 11) is 0. The number of nitrogens with zero attached hydrogens (tertiary/aromatic N) is 4. The number of hydrogen-bond acceptors (Lipinski definition) is 4. The van der Waals surface area contributed by atoms with Crippen LogP contribution in [0.1, 0.15) is 32.0 Å². The summed E-state index contributed by atoms with van der Waals surface area (Å²) < 4.78 is 8.54. The SMILES string of the molecule is Cc1c[c-]c(-c2nc3cc(C(C)(C)C)ncc3n2-c2ccccc2)c2oc3ccccc3c12.[Ir].[c-]1ccccc1-c1ccccn1. The summed E-state index contributed by atoms with van der Waals surface area (Å²) in [5.41, 5.74) is 9.53. The molecule has 0 saturated carbocycles. The molecule has 8 rings (SSSR count). The fourth-order valence-electron chi connectivity index (χ4n) is 5.57. The summed E-state index contributed by atoms with van der Waals surface area (Å²) in [5, 5.41) is 2.22. The molecule has 229 valence electrons. The zero-order valence-corrected chi connectivity index (χ0v) is 28.5. The summed E-state index contributed by atoms with van der Waals surface area (Å²) in [5.74, 6) is 0.799. The minimum atomic E-state index is -0.0626. The average Bonchev–Trinajstić information content (AvgIpc) is 3.65. The van der Waals surface area contributed by atoms with Gasteiger partial charge in [-0.15, -0.1) is 53.6 Å². The van der Waals surface area contributed by atoms with Crippen molar-refractivity contribution in [2.45, 2.75) is 33.1 Å². The van der Waals surface area contributed by atoms with Crippen molar-refractivity contribution in [3.8, 4) is 28.3 Å². The number of para-hydroxylation sites is 2. The Bertz CT molecular complexity index is 2210. The zero-order valence-electron chi connectivity index (χ0n) is 26.1. The van der Waals surface area contributed by atoms with Crippen LogP contribution >= 0.6 is 0 Å². The molecule has 0 atom stereocenters. The van der Waals surface area contributed by atoms with Gasteiger partial charge >= 0.3 is 0 Å². The molecule has 0 aliphatic carbocycles. The maximum absolute atomic E-state index is 6.38. The second-order valence-corrected chi connectivity index (χ2v) is 12.1. The van der Waals surface area contributed by atoms with Gasteiger partial charge in [0.05, 0.1) is 28.6 Å². The van der Waals surface area contributed by atoms with E-state index in [4.69, 9.17) is 14.4 Å². The van der Waals surface area contributed by atoms with Crippen molar-refractivity contribution in [3.05, 3.63) is 145 Å². The van der Waals surface area contributed by atoms with E-state index in [0.717, 1.165) is 72.6 Å².